The molecule has 0 bridgehead atoms. The van der Waals surface area contributed by atoms with Crippen molar-refractivity contribution in [2.24, 2.45) is 0 Å². The van der Waals surface area contributed by atoms with Gasteiger partial charge in [-0.15, -0.1) is 6.58 Å². The highest BCUT2D eigenvalue weighted by Gasteiger charge is 2.09. The van der Waals surface area contributed by atoms with E-state index in [1.165, 1.54) is 16.8 Å². The molecule has 0 aliphatic heterocycles. The second-order valence-electron chi connectivity index (χ2n) is 5.89. The first-order valence-electron chi connectivity index (χ1n) is 6.53. The number of allylic oxidation sites excluding steroid dienone is 5. The van der Waals surface area contributed by atoms with Crippen molar-refractivity contribution in [2.45, 2.75) is 66.3 Å². The maximum Gasteiger partial charge on any atom is 0.0286 e. The molecule has 1 N–H and O–H groups in total. The normalized spacial score (nSPS) is 13.8. The fraction of sp³-hybridized carbons (Fsp3) is 0.625. The first-order chi connectivity index (χ1) is 7.74. The molecule has 0 amide bonds. The Labute approximate surface area is 108 Å². The molecule has 0 atom stereocenters. The summed E-state index contributed by atoms with van der Waals surface area (Å²) in [5.74, 6) is 0. The summed E-state index contributed by atoms with van der Waals surface area (Å²) in [7, 11) is 0. The van der Waals surface area contributed by atoms with Gasteiger partial charge >= 0.3 is 0 Å². The van der Waals surface area contributed by atoms with Gasteiger partial charge in [0.1, 0.15) is 0 Å². The van der Waals surface area contributed by atoms with Crippen LogP contribution in [0.15, 0.2) is 35.6 Å². The van der Waals surface area contributed by atoms with E-state index in [0.717, 1.165) is 19.3 Å². The molecule has 0 saturated heterocycles. The van der Waals surface area contributed by atoms with Crippen molar-refractivity contribution in [1.29, 1.82) is 0 Å². The minimum absolute atomic E-state index is 0.140. The summed E-state index contributed by atoms with van der Waals surface area (Å²) in [6.07, 6.45) is 7.67. The Hall–Kier alpha value is -0.980. The van der Waals surface area contributed by atoms with Crippen LogP contribution in [-0.4, -0.2) is 5.54 Å². The third kappa shape index (κ3) is 9.92. The SMILES string of the molecule is C=C(C)CC/C(C)=C/C=C(\CC)NC(C)(C)C. The van der Waals surface area contributed by atoms with Crippen molar-refractivity contribution in [3.63, 3.8) is 0 Å². The number of nitrogens with one attached hydrogen (secondary N) is 1. The summed E-state index contributed by atoms with van der Waals surface area (Å²) < 4.78 is 0. The van der Waals surface area contributed by atoms with Crippen molar-refractivity contribution < 1.29 is 0 Å². The van der Waals surface area contributed by atoms with Gasteiger partial charge in [-0.1, -0.05) is 24.1 Å². The molecule has 17 heavy (non-hydrogen) atoms. The Morgan fingerprint density at radius 3 is 2.12 bits per heavy atom. The van der Waals surface area contributed by atoms with Crippen LogP contribution in [0.2, 0.25) is 0 Å². The summed E-state index contributed by atoms with van der Waals surface area (Å²) >= 11 is 0. The Morgan fingerprint density at radius 2 is 1.71 bits per heavy atom. The van der Waals surface area contributed by atoms with Crippen molar-refractivity contribution >= 4 is 0 Å². The predicted octanol–water partition coefficient (Wildman–Crippen LogP) is 4.97. The van der Waals surface area contributed by atoms with E-state index in [2.05, 4.69) is 65.6 Å². The molecule has 0 aliphatic rings. The van der Waals surface area contributed by atoms with Gasteiger partial charge in [-0.3, -0.25) is 0 Å². The monoisotopic (exact) mass is 235 g/mol. The van der Waals surface area contributed by atoms with Crippen LogP contribution in [0.5, 0.6) is 0 Å². The van der Waals surface area contributed by atoms with E-state index in [-0.39, 0.29) is 5.54 Å². The third-order valence-electron chi connectivity index (χ3n) is 2.43. The van der Waals surface area contributed by atoms with Gasteiger partial charge in [0.25, 0.3) is 0 Å². The Kier molecular flexibility index (Phi) is 6.94. The lowest BCUT2D eigenvalue weighted by molar-refractivity contribution is 0.466. The van der Waals surface area contributed by atoms with Crippen molar-refractivity contribution in [3.05, 3.63) is 35.6 Å². The van der Waals surface area contributed by atoms with Crippen molar-refractivity contribution in [3.8, 4) is 0 Å². The highest BCUT2D eigenvalue weighted by Crippen LogP contribution is 2.11. The van der Waals surface area contributed by atoms with Crippen LogP contribution in [0.3, 0.4) is 0 Å². The van der Waals surface area contributed by atoms with Gasteiger partial charge in [-0.25, -0.2) is 0 Å². The molecule has 0 saturated carbocycles. The van der Waals surface area contributed by atoms with E-state index in [1.807, 2.05) is 0 Å². The molecule has 0 fully saturated rings. The van der Waals surface area contributed by atoms with Gasteiger partial charge < -0.3 is 5.32 Å². The topological polar surface area (TPSA) is 12.0 Å². The summed E-state index contributed by atoms with van der Waals surface area (Å²) in [4.78, 5) is 0. The molecular weight excluding hydrogens is 206 g/mol. The quantitative estimate of drug-likeness (QED) is 0.506. The standard InChI is InChI=1S/C16H29N/c1-8-15(17-16(5,6)7)12-11-14(4)10-9-13(2)3/h11-12,17H,2,8-10H2,1,3-7H3/b14-11+,15-12+. The van der Waals surface area contributed by atoms with Crippen LogP contribution < -0.4 is 5.32 Å². The molecule has 1 nitrogen and oxygen atoms in total. The summed E-state index contributed by atoms with van der Waals surface area (Å²) in [6.45, 7) is 16.9. The lowest BCUT2D eigenvalue weighted by Crippen LogP contribution is -2.34. The lowest BCUT2D eigenvalue weighted by atomic mass is 10.1. The van der Waals surface area contributed by atoms with Crippen LogP contribution in [0.1, 0.15) is 60.8 Å². The fourth-order valence-corrected chi connectivity index (χ4v) is 1.47. The van der Waals surface area contributed by atoms with Gasteiger partial charge in [0, 0.05) is 11.2 Å². The van der Waals surface area contributed by atoms with Crippen molar-refractivity contribution in [1.82, 2.24) is 5.32 Å². The summed E-state index contributed by atoms with van der Waals surface area (Å²) in [5, 5.41) is 3.53. The van der Waals surface area contributed by atoms with E-state index in [9.17, 15) is 0 Å². The predicted molar refractivity (Wildman–Crippen MR) is 79.1 cm³/mol. The third-order valence-corrected chi connectivity index (χ3v) is 2.43. The van der Waals surface area contributed by atoms with Gasteiger partial charge in [-0.2, -0.15) is 0 Å². The zero-order valence-corrected chi connectivity index (χ0v) is 12.5. The second-order valence-corrected chi connectivity index (χ2v) is 5.89. The average Bonchev–Trinajstić information content (AvgIpc) is 2.19. The molecule has 1 heteroatoms. The maximum atomic E-state index is 3.93. The van der Waals surface area contributed by atoms with E-state index >= 15 is 0 Å². The van der Waals surface area contributed by atoms with Gasteiger partial charge in [0.15, 0.2) is 0 Å². The molecule has 0 heterocycles. The fourth-order valence-electron chi connectivity index (χ4n) is 1.47. The Morgan fingerprint density at radius 1 is 1.12 bits per heavy atom. The number of hydrogen-bond donors (Lipinski definition) is 1. The second kappa shape index (κ2) is 7.37. The number of hydrogen-bond acceptors (Lipinski definition) is 1. The summed E-state index contributed by atoms with van der Waals surface area (Å²) in [5.41, 5.74) is 4.11. The van der Waals surface area contributed by atoms with Crippen molar-refractivity contribution in [2.75, 3.05) is 0 Å². The van der Waals surface area contributed by atoms with E-state index < -0.39 is 0 Å². The largest absolute Gasteiger partial charge is 0.384 e. The lowest BCUT2D eigenvalue weighted by Gasteiger charge is -2.23. The zero-order valence-electron chi connectivity index (χ0n) is 12.5. The molecule has 0 rings (SSSR count). The highest BCUT2D eigenvalue weighted by atomic mass is 15.0. The zero-order chi connectivity index (χ0) is 13.5. The molecule has 0 aromatic heterocycles. The van der Waals surface area contributed by atoms with Crippen LogP contribution in [0.25, 0.3) is 0 Å². The maximum absolute atomic E-state index is 3.93. The molecule has 0 aromatic carbocycles. The summed E-state index contributed by atoms with van der Waals surface area (Å²) in [6, 6.07) is 0. The molecule has 0 aromatic rings. The molecule has 0 spiro atoms. The van der Waals surface area contributed by atoms with Gasteiger partial charge in [0.2, 0.25) is 0 Å². The first kappa shape index (κ1) is 16.0. The molecule has 0 unspecified atom stereocenters. The van der Waals surface area contributed by atoms with Crippen LogP contribution >= 0.6 is 0 Å². The van der Waals surface area contributed by atoms with Crippen LogP contribution in [-0.2, 0) is 0 Å². The highest BCUT2D eigenvalue weighted by molar-refractivity contribution is 5.17. The van der Waals surface area contributed by atoms with Crippen LogP contribution in [0, 0.1) is 0 Å². The minimum atomic E-state index is 0.140. The molecule has 0 radical (unpaired) electrons. The van der Waals surface area contributed by atoms with E-state index in [4.69, 9.17) is 0 Å². The van der Waals surface area contributed by atoms with E-state index in [1.54, 1.807) is 0 Å². The Balaban J connectivity index is 4.42. The molecule has 0 aliphatic carbocycles. The van der Waals surface area contributed by atoms with E-state index in [0.29, 0.717) is 0 Å². The molecule has 98 valence electrons. The Bertz CT molecular complexity index is 300. The van der Waals surface area contributed by atoms with Crippen LogP contribution in [0.4, 0.5) is 0 Å². The average molecular weight is 235 g/mol. The first-order valence-corrected chi connectivity index (χ1v) is 6.53. The smallest absolute Gasteiger partial charge is 0.0286 e. The van der Waals surface area contributed by atoms with Gasteiger partial charge in [-0.05, 0) is 60.0 Å². The number of rotatable bonds is 6. The van der Waals surface area contributed by atoms with Gasteiger partial charge in [0.05, 0.1) is 0 Å². The molecular formula is C16H29N. The minimum Gasteiger partial charge on any atom is -0.384 e.